The zero-order valence-corrected chi connectivity index (χ0v) is 13.0. The van der Waals surface area contributed by atoms with Crippen LogP contribution in [0.5, 0.6) is 0 Å². The topological polar surface area (TPSA) is 89.3 Å². The molecule has 21 heavy (non-hydrogen) atoms. The van der Waals surface area contributed by atoms with Gasteiger partial charge in [-0.3, -0.25) is 4.79 Å². The van der Waals surface area contributed by atoms with E-state index in [1.54, 1.807) is 0 Å². The van der Waals surface area contributed by atoms with Gasteiger partial charge < -0.3 is 5.32 Å². The summed E-state index contributed by atoms with van der Waals surface area (Å²) in [6.45, 7) is 0. The molecule has 7 heteroatoms. The molecule has 114 valence electrons. The Bertz CT molecular complexity index is 669. The molecule has 2 aliphatic carbocycles. The van der Waals surface area contributed by atoms with Crippen LogP contribution in [0.1, 0.15) is 36.0 Å². The number of rotatable bonds is 5. The Morgan fingerprint density at radius 1 is 1.24 bits per heavy atom. The fourth-order valence-electron chi connectivity index (χ4n) is 2.62. The van der Waals surface area contributed by atoms with Crippen LogP contribution in [0.15, 0.2) is 23.1 Å². The van der Waals surface area contributed by atoms with Crippen LogP contribution >= 0.6 is 11.6 Å². The van der Waals surface area contributed by atoms with E-state index in [4.69, 9.17) is 16.7 Å². The number of hydrogen-bond donors (Lipinski definition) is 2. The van der Waals surface area contributed by atoms with Gasteiger partial charge in [0, 0.05) is 6.04 Å². The molecule has 2 fully saturated rings. The maximum atomic E-state index is 12.4. The highest BCUT2D eigenvalue weighted by Gasteiger charge is 2.42. The van der Waals surface area contributed by atoms with E-state index in [2.05, 4.69) is 5.32 Å². The summed E-state index contributed by atoms with van der Waals surface area (Å²) in [5.74, 6) is 0.789. The van der Waals surface area contributed by atoms with Gasteiger partial charge in [0.2, 0.25) is 10.0 Å². The Balaban J connectivity index is 1.83. The van der Waals surface area contributed by atoms with Crippen molar-refractivity contribution in [1.82, 2.24) is 5.32 Å². The summed E-state index contributed by atoms with van der Waals surface area (Å²) in [6, 6.07) is 4.11. The van der Waals surface area contributed by atoms with Crippen LogP contribution in [0.25, 0.3) is 0 Å². The van der Waals surface area contributed by atoms with Gasteiger partial charge in [-0.05, 0) is 55.7 Å². The molecule has 0 bridgehead atoms. The highest BCUT2D eigenvalue weighted by molar-refractivity contribution is 7.89. The molecule has 0 radical (unpaired) electrons. The molecule has 0 saturated heterocycles. The third-order valence-corrected chi connectivity index (χ3v) is 5.31. The molecule has 2 aliphatic rings. The molecular formula is C14H17ClN2O3S. The van der Waals surface area contributed by atoms with Gasteiger partial charge in [0.25, 0.3) is 5.91 Å². The van der Waals surface area contributed by atoms with Crippen molar-refractivity contribution in [2.75, 3.05) is 0 Å². The summed E-state index contributed by atoms with van der Waals surface area (Å²) in [7, 11) is -3.85. The van der Waals surface area contributed by atoms with Gasteiger partial charge >= 0.3 is 0 Å². The number of carbonyl (C=O) groups excluding carboxylic acids is 1. The molecule has 1 aromatic rings. The molecule has 0 aliphatic heterocycles. The Morgan fingerprint density at radius 2 is 1.81 bits per heavy atom. The van der Waals surface area contributed by atoms with E-state index < -0.39 is 10.0 Å². The molecular weight excluding hydrogens is 312 g/mol. The first-order valence-electron chi connectivity index (χ1n) is 6.99. The first-order chi connectivity index (χ1) is 9.86. The van der Waals surface area contributed by atoms with E-state index in [0.717, 1.165) is 25.7 Å². The van der Waals surface area contributed by atoms with Crippen LogP contribution in [0, 0.1) is 11.8 Å². The maximum Gasteiger partial charge on any atom is 0.253 e. The molecule has 0 atom stereocenters. The van der Waals surface area contributed by atoms with Gasteiger partial charge in [-0.25, -0.2) is 13.6 Å². The van der Waals surface area contributed by atoms with E-state index in [0.29, 0.717) is 11.8 Å². The Morgan fingerprint density at radius 3 is 2.29 bits per heavy atom. The fraction of sp³-hybridized carbons (Fsp3) is 0.500. The number of amides is 1. The van der Waals surface area contributed by atoms with Crippen molar-refractivity contribution in [3.63, 3.8) is 0 Å². The average Bonchev–Trinajstić information content (AvgIpc) is 3.27. The number of hydrogen-bond acceptors (Lipinski definition) is 3. The number of halogens is 1. The summed E-state index contributed by atoms with van der Waals surface area (Å²) in [6.07, 6.45) is 4.58. The summed E-state index contributed by atoms with van der Waals surface area (Å²) in [5.41, 5.74) is 0.162. The van der Waals surface area contributed by atoms with Crippen molar-refractivity contribution in [3.05, 3.63) is 28.8 Å². The lowest BCUT2D eigenvalue weighted by molar-refractivity contribution is 0.0926. The van der Waals surface area contributed by atoms with E-state index in [9.17, 15) is 13.2 Å². The lowest BCUT2D eigenvalue weighted by Gasteiger charge is -2.18. The minimum atomic E-state index is -3.85. The van der Waals surface area contributed by atoms with Crippen LogP contribution in [-0.2, 0) is 10.0 Å². The van der Waals surface area contributed by atoms with E-state index >= 15 is 0 Å². The van der Waals surface area contributed by atoms with Crippen molar-refractivity contribution in [2.24, 2.45) is 17.0 Å². The second kappa shape index (κ2) is 5.26. The Kier molecular flexibility index (Phi) is 3.71. The standard InChI is InChI=1S/C14H17ClN2O3S/c15-12-6-5-10(21(16,19)20)7-11(12)14(18)17-13(8-1-2-8)9-3-4-9/h5-9,13H,1-4H2,(H,17,18)(H2,16,19,20). The molecule has 1 amide bonds. The molecule has 0 unspecified atom stereocenters. The summed E-state index contributed by atoms with van der Waals surface area (Å²) >= 11 is 6.02. The van der Waals surface area contributed by atoms with Crippen molar-refractivity contribution in [3.8, 4) is 0 Å². The minimum Gasteiger partial charge on any atom is -0.349 e. The predicted molar refractivity (Wildman–Crippen MR) is 79.5 cm³/mol. The number of nitrogens with one attached hydrogen (secondary N) is 1. The van der Waals surface area contributed by atoms with Gasteiger partial charge in [0.1, 0.15) is 0 Å². The van der Waals surface area contributed by atoms with Crippen LogP contribution in [0.2, 0.25) is 5.02 Å². The molecule has 3 N–H and O–H groups in total. The van der Waals surface area contributed by atoms with E-state index in [-0.39, 0.29) is 27.4 Å². The van der Waals surface area contributed by atoms with Gasteiger partial charge in [0.05, 0.1) is 15.5 Å². The van der Waals surface area contributed by atoms with Crippen LogP contribution in [0.4, 0.5) is 0 Å². The molecule has 0 heterocycles. The lowest BCUT2D eigenvalue weighted by atomic mass is 10.1. The quantitative estimate of drug-likeness (QED) is 0.865. The maximum absolute atomic E-state index is 12.4. The highest BCUT2D eigenvalue weighted by Crippen LogP contribution is 2.44. The number of sulfonamides is 1. The minimum absolute atomic E-state index is 0.105. The average molecular weight is 329 g/mol. The molecule has 3 rings (SSSR count). The summed E-state index contributed by atoms with van der Waals surface area (Å²) < 4.78 is 22.8. The number of nitrogens with two attached hydrogens (primary N) is 1. The Hall–Kier alpha value is -1.11. The first kappa shape index (κ1) is 14.8. The second-order valence-corrected chi connectivity index (χ2v) is 7.83. The monoisotopic (exact) mass is 328 g/mol. The molecule has 0 aromatic heterocycles. The highest BCUT2D eigenvalue weighted by atomic mass is 35.5. The lowest BCUT2D eigenvalue weighted by Crippen LogP contribution is -2.38. The normalized spacial score (nSPS) is 18.8. The largest absolute Gasteiger partial charge is 0.349 e. The molecule has 0 spiro atoms. The predicted octanol–water partition coefficient (Wildman–Crippen LogP) is 1.91. The van der Waals surface area contributed by atoms with Crippen molar-refractivity contribution < 1.29 is 13.2 Å². The molecule has 5 nitrogen and oxygen atoms in total. The van der Waals surface area contributed by atoms with Gasteiger partial charge in [-0.15, -0.1) is 0 Å². The van der Waals surface area contributed by atoms with E-state index in [1.807, 2.05) is 0 Å². The number of benzene rings is 1. The van der Waals surface area contributed by atoms with Crippen LogP contribution in [-0.4, -0.2) is 20.4 Å². The van der Waals surface area contributed by atoms with Crippen LogP contribution in [0.3, 0.4) is 0 Å². The third kappa shape index (κ3) is 3.39. The number of primary sulfonamides is 1. The Labute approximate surface area is 128 Å². The van der Waals surface area contributed by atoms with Crippen LogP contribution < -0.4 is 10.5 Å². The second-order valence-electron chi connectivity index (χ2n) is 5.86. The van der Waals surface area contributed by atoms with Gasteiger partial charge in [-0.1, -0.05) is 11.6 Å². The smallest absolute Gasteiger partial charge is 0.253 e. The van der Waals surface area contributed by atoms with Gasteiger partial charge in [-0.2, -0.15) is 0 Å². The van der Waals surface area contributed by atoms with Crippen molar-refractivity contribution in [1.29, 1.82) is 0 Å². The first-order valence-corrected chi connectivity index (χ1v) is 8.92. The van der Waals surface area contributed by atoms with Crippen molar-refractivity contribution >= 4 is 27.5 Å². The fourth-order valence-corrected chi connectivity index (χ4v) is 3.36. The van der Waals surface area contributed by atoms with Gasteiger partial charge in [0.15, 0.2) is 0 Å². The zero-order valence-electron chi connectivity index (χ0n) is 11.4. The number of carbonyl (C=O) groups is 1. The summed E-state index contributed by atoms with van der Waals surface area (Å²) in [5, 5.41) is 8.34. The van der Waals surface area contributed by atoms with Crippen molar-refractivity contribution in [2.45, 2.75) is 36.6 Å². The molecule has 1 aromatic carbocycles. The molecule has 2 saturated carbocycles. The third-order valence-electron chi connectivity index (χ3n) is 4.07. The SMILES string of the molecule is NS(=O)(=O)c1ccc(Cl)c(C(=O)NC(C2CC2)C2CC2)c1. The zero-order chi connectivity index (χ0) is 15.2. The summed E-state index contributed by atoms with van der Waals surface area (Å²) in [4.78, 5) is 12.3. The van der Waals surface area contributed by atoms with E-state index in [1.165, 1.54) is 18.2 Å².